The summed E-state index contributed by atoms with van der Waals surface area (Å²) in [6, 6.07) is 4.99. The van der Waals surface area contributed by atoms with Crippen LogP contribution in [-0.2, 0) is 9.47 Å². The molecule has 17 heavy (non-hydrogen) atoms. The monoisotopic (exact) mass is 239 g/mol. The van der Waals surface area contributed by atoms with Gasteiger partial charge in [-0.15, -0.1) is 0 Å². The van der Waals surface area contributed by atoms with E-state index in [1.807, 2.05) is 6.92 Å². The van der Waals surface area contributed by atoms with Crippen LogP contribution in [0.5, 0.6) is 0 Å². The Kier molecular flexibility index (Phi) is 5.45. The Hall–Kier alpha value is -1.59. The Labute approximate surface area is 100 Å². The number of ether oxygens (including phenoxy) is 2. The lowest BCUT2D eigenvalue weighted by Crippen LogP contribution is -2.12. The zero-order valence-electron chi connectivity index (χ0n) is 9.81. The summed E-state index contributed by atoms with van der Waals surface area (Å²) in [5.74, 6) is -0.402. The van der Waals surface area contributed by atoms with Gasteiger partial charge in [0.2, 0.25) is 0 Å². The molecule has 0 spiro atoms. The molecular weight excluding hydrogens is 222 g/mol. The van der Waals surface area contributed by atoms with Crippen LogP contribution >= 0.6 is 0 Å². The fraction of sp³-hybridized carbons (Fsp3) is 0.417. The van der Waals surface area contributed by atoms with Gasteiger partial charge in [-0.1, -0.05) is 0 Å². The van der Waals surface area contributed by atoms with Gasteiger partial charge in [-0.05, 0) is 30.7 Å². The largest absolute Gasteiger partial charge is 0.460 e. The van der Waals surface area contributed by atoms with E-state index in [4.69, 9.17) is 20.3 Å². The van der Waals surface area contributed by atoms with Crippen molar-refractivity contribution in [3.63, 3.8) is 0 Å². The summed E-state index contributed by atoms with van der Waals surface area (Å²) in [4.78, 5) is 11.6. The Balaban J connectivity index is 2.39. The summed E-state index contributed by atoms with van der Waals surface area (Å²) < 4.78 is 9.95. The first-order chi connectivity index (χ1) is 8.15. The molecule has 0 aliphatic rings. The van der Waals surface area contributed by atoms with Crippen LogP contribution in [0.3, 0.4) is 0 Å². The molecular formula is C12H17NO4. The summed E-state index contributed by atoms with van der Waals surface area (Å²) in [5, 5.41) is 8.46. The van der Waals surface area contributed by atoms with Crippen LogP contribution in [0, 0.1) is 6.92 Å². The highest BCUT2D eigenvalue weighted by Crippen LogP contribution is 2.13. The maximum Gasteiger partial charge on any atom is 0.338 e. The summed E-state index contributed by atoms with van der Waals surface area (Å²) in [5.41, 5.74) is 7.61. The summed E-state index contributed by atoms with van der Waals surface area (Å²) in [6.07, 6.45) is 0. The van der Waals surface area contributed by atoms with Gasteiger partial charge in [0, 0.05) is 5.69 Å². The van der Waals surface area contributed by atoms with Crippen LogP contribution < -0.4 is 5.73 Å². The molecule has 0 bridgehead atoms. The molecule has 1 aromatic carbocycles. The molecule has 0 unspecified atom stereocenters. The summed E-state index contributed by atoms with van der Waals surface area (Å²) >= 11 is 0. The standard InChI is InChI=1S/C12H17NO4/c1-9-8-10(2-3-11(9)13)12(15)17-7-6-16-5-4-14/h2-3,8,14H,4-7,13H2,1H3. The van der Waals surface area contributed by atoms with Gasteiger partial charge in [-0.3, -0.25) is 0 Å². The van der Waals surface area contributed by atoms with E-state index < -0.39 is 5.97 Å². The van der Waals surface area contributed by atoms with Crippen LogP contribution in [0.1, 0.15) is 15.9 Å². The predicted octanol–water partition coefficient (Wildman–Crippen LogP) is 0.743. The molecule has 0 amide bonds. The molecule has 94 valence electrons. The molecule has 0 heterocycles. The first-order valence-electron chi connectivity index (χ1n) is 5.37. The zero-order chi connectivity index (χ0) is 12.7. The minimum Gasteiger partial charge on any atom is -0.460 e. The molecule has 0 aliphatic heterocycles. The van der Waals surface area contributed by atoms with E-state index in [-0.39, 0.29) is 26.4 Å². The fourth-order valence-electron chi connectivity index (χ4n) is 1.25. The molecule has 1 aromatic rings. The molecule has 1 rings (SSSR count). The molecule has 0 saturated carbocycles. The SMILES string of the molecule is Cc1cc(C(=O)OCCOCCO)ccc1N. The molecule has 0 radical (unpaired) electrons. The molecule has 0 aromatic heterocycles. The number of anilines is 1. The second-order valence-electron chi connectivity index (χ2n) is 3.54. The topological polar surface area (TPSA) is 81.8 Å². The van der Waals surface area contributed by atoms with Crippen molar-refractivity contribution >= 4 is 11.7 Å². The van der Waals surface area contributed by atoms with Crippen molar-refractivity contribution in [1.29, 1.82) is 0 Å². The maximum atomic E-state index is 11.6. The van der Waals surface area contributed by atoms with E-state index >= 15 is 0 Å². The van der Waals surface area contributed by atoms with Crippen molar-refractivity contribution in [3.8, 4) is 0 Å². The number of hydrogen-bond donors (Lipinski definition) is 2. The molecule has 0 aliphatic carbocycles. The number of esters is 1. The van der Waals surface area contributed by atoms with E-state index in [1.54, 1.807) is 18.2 Å². The Morgan fingerprint density at radius 1 is 1.35 bits per heavy atom. The van der Waals surface area contributed by atoms with Crippen LogP contribution in [0.4, 0.5) is 5.69 Å². The van der Waals surface area contributed by atoms with E-state index in [2.05, 4.69) is 0 Å². The van der Waals surface area contributed by atoms with Crippen molar-refractivity contribution < 1.29 is 19.4 Å². The van der Waals surface area contributed by atoms with Crippen LogP contribution in [0.2, 0.25) is 0 Å². The molecule has 3 N–H and O–H groups in total. The van der Waals surface area contributed by atoms with Gasteiger partial charge in [-0.2, -0.15) is 0 Å². The molecule has 0 saturated heterocycles. The van der Waals surface area contributed by atoms with E-state index in [0.717, 1.165) is 5.56 Å². The number of rotatable bonds is 6. The third-order valence-corrected chi connectivity index (χ3v) is 2.20. The van der Waals surface area contributed by atoms with Gasteiger partial charge < -0.3 is 20.3 Å². The maximum absolute atomic E-state index is 11.6. The quantitative estimate of drug-likeness (QED) is 0.435. The van der Waals surface area contributed by atoms with Gasteiger partial charge in [0.15, 0.2) is 0 Å². The van der Waals surface area contributed by atoms with Gasteiger partial charge in [0.05, 0.1) is 25.4 Å². The van der Waals surface area contributed by atoms with Gasteiger partial charge in [-0.25, -0.2) is 4.79 Å². The molecule has 5 nitrogen and oxygen atoms in total. The third kappa shape index (κ3) is 4.42. The number of hydrogen-bond acceptors (Lipinski definition) is 5. The van der Waals surface area contributed by atoms with Gasteiger partial charge in [0.25, 0.3) is 0 Å². The van der Waals surface area contributed by atoms with Crippen molar-refractivity contribution in [2.24, 2.45) is 0 Å². The number of carbonyl (C=O) groups excluding carboxylic acids is 1. The average molecular weight is 239 g/mol. The Morgan fingerprint density at radius 2 is 2.12 bits per heavy atom. The summed E-state index contributed by atoms with van der Waals surface area (Å²) in [6.45, 7) is 2.49. The van der Waals surface area contributed by atoms with E-state index in [9.17, 15) is 4.79 Å². The van der Waals surface area contributed by atoms with Crippen molar-refractivity contribution in [2.75, 3.05) is 32.2 Å². The third-order valence-electron chi connectivity index (χ3n) is 2.20. The normalized spacial score (nSPS) is 10.2. The predicted molar refractivity (Wildman–Crippen MR) is 63.8 cm³/mol. The minimum atomic E-state index is -0.402. The number of aliphatic hydroxyl groups excluding tert-OH is 1. The van der Waals surface area contributed by atoms with Crippen molar-refractivity contribution in [1.82, 2.24) is 0 Å². The smallest absolute Gasteiger partial charge is 0.338 e. The van der Waals surface area contributed by atoms with Gasteiger partial charge >= 0.3 is 5.97 Å². The molecule has 5 heteroatoms. The van der Waals surface area contributed by atoms with Crippen LogP contribution in [0.15, 0.2) is 18.2 Å². The lowest BCUT2D eigenvalue weighted by atomic mass is 10.1. The average Bonchev–Trinajstić information content (AvgIpc) is 2.32. The number of aliphatic hydroxyl groups is 1. The molecule has 0 fully saturated rings. The fourth-order valence-corrected chi connectivity index (χ4v) is 1.25. The Bertz CT molecular complexity index is 379. The molecule has 0 atom stereocenters. The second-order valence-corrected chi connectivity index (χ2v) is 3.54. The first kappa shape index (κ1) is 13.5. The van der Waals surface area contributed by atoms with E-state index in [0.29, 0.717) is 11.3 Å². The number of benzene rings is 1. The zero-order valence-corrected chi connectivity index (χ0v) is 9.81. The number of nitrogens with two attached hydrogens (primary N) is 1. The van der Waals surface area contributed by atoms with Crippen LogP contribution in [0.25, 0.3) is 0 Å². The summed E-state index contributed by atoms with van der Waals surface area (Å²) in [7, 11) is 0. The van der Waals surface area contributed by atoms with Crippen LogP contribution in [-0.4, -0.2) is 37.5 Å². The highest BCUT2D eigenvalue weighted by molar-refractivity contribution is 5.90. The number of nitrogen functional groups attached to an aromatic ring is 1. The van der Waals surface area contributed by atoms with E-state index in [1.165, 1.54) is 0 Å². The highest BCUT2D eigenvalue weighted by Gasteiger charge is 2.07. The second kappa shape index (κ2) is 6.88. The van der Waals surface area contributed by atoms with Gasteiger partial charge in [0.1, 0.15) is 6.61 Å². The lowest BCUT2D eigenvalue weighted by molar-refractivity contribution is 0.0258. The number of carbonyl (C=O) groups is 1. The first-order valence-corrected chi connectivity index (χ1v) is 5.37. The Morgan fingerprint density at radius 3 is 2.76 bits per heavy atom. The lowest BCUT2D eigenvalue weighted by Gasteiger charge is -2.06. The highest BCUT2D eigenvalue weighted by atomic mass is 16.6. The minimum absolute atomic E-state index is 0.0366. The van der Waals surface area contributed by atoms with Crippen molar-refractivity contribution in [2.45, 2.75) is 6.92 Å². The van der Waals surface area contributed by atoms with Crippen molar-refractivity contribution in [3.05, 3.63) is 29.3 Å². The number of aryl methyl sites for hydroxylation is 1.